The van der Waals surface area contributed by atoms with Crippen molar-refractivity contribution < 1.29 is 4.74 Å². The van der Waals surface area contributed by atoms with Gasteiger partial charge in [-0.25, -0.2) is 0 Å². The first-order valence-electron chi connectivity index (χ1n) is 7.19. The van der Waals surface area contributed by atoms with Crippen molar-refractivity contribution in [3.8, 4) is 5.75 Å². The summed E-state index contributed by atoms with van der Waals surface area (Å²) < 4.78 is 5.24. The van der Waals surface area contributed by atoms with Crippen molar-refractivity contribution in [2.75, 3.05) is 7.11 Å². The van der Waals surface area contributed by atoms with E-state index < -0.39 is 0 Å². The molecule has 0 aromatic heterocycles. The second-order valence-corrected chi connectivity index (χ2v) is 6.11. The van der Waals surface area contributed by atoms with Crippen LogP contribution in [0.2, 0.25) is 0 Å². The molecule has 0 heterocycles. The molecule has 1 atom stereocenters. The molecule has 20 heavy (non-hydrogen) atoms. The molecule has 2 aromatic rings. The number of hydrogen-bond acceptors (Lipinski definition) is 2. The second-order valence-electron chi connectivity index (χ2n) is 4.83. The first-order valence-corrected chi connectivity index (χ1v) is 8.07. The maximum Gasteiger partial charge on any atom is 0.118 e. The van der Waals surface area contributed by atoms with Crippen molar-refractivity contribution in [3.05, 3.63) is 60.2 Å². The lowest BCUT2D eigenvalue weighted by Gasteiger charge is -2.17. The Kier molecular flexibility index (Phi) is 6.00. The van der Waals surface area contributed by atoms with Gasteiger partial charge in [0, 0.05) is 10.1 Å². The molecular weight excluding hydrogens is 264 g/mol. The molecule has 0 bridgehead atoms. The van der Waals surface area contributed by atoms with Crippen molar-refractivity contribution in [3.63, 3.8) is 0 Å². The van der Waals surface area contributed by atoms with Gasteiger partial charge >= 0.3 is 0 Å². The highest BCUT2D eigenvalue weighted by Crippen LogP contribution is 2.39. The largest absolute Gasteiger partial charge is 0.497 e. The Balaban J connectivity index is 2.13. The fraction of sp³-hybridized carbons (Fsp3) is 0.333. The van der Waals surface area contributed by atoms with Gasteiger partial charge in [-0.15, -0.1) is 11.8 Å². The first-order chi connectivity index (χ1) is 9.83. The molecule has 0 spiro atoms. The summed E-state index contributed by atoms with van der Waals surface area (Å²) in [5.74, 6) is 0.924. The molecule has 1 nitrogen and oxygen atoms in total. The van der Waals surface area contributed by atoms with Crippen LogP contribution in [0.3, 0.4) is 0 Å². The zero-order valence-corrected chi connectivity index (χ0v) is 13.0. The van der Waals surface area contributed by atoms with Crippen molar-refractivity contribution in [1.82, 2.24) is 0 Å². The summed E-state index contributed by atoms with van der Waals surface area (Å²) in [5, 5.41) is 0.517. The van der Waals surface area contributed by atoms with Crippen LogP contribution in [0.1, 0.15) is 37.0 Å². The number of rotatable bonds is 7. The van der Waals surface area contributed by atoms with Gasteiger partial charge < -0.3 is 4.74 Å². The van der Waals surface area contributed by atoms with E-state index in [4.69, 9.17) is 4.74 Å². The van der Waals surface area contributed by atoms with Gasteiger partial charge in [0.05, 0.1) is 7.11 Å². The number of ether oxygens (including phenoxy) is 1. The van der Waals surface area contributed by atoms with E-state index in [1.54, 1.807) is 7.11 Å². The highest BCUT2D eigenvalue weighted by Gasteiger charge is 2.12. The SMILES string of the molecule is CCCC[C@H](Sc1ccccc1)c1ccc(OC)cc1. The normalized spacial score (nSPS) is 12.1. The first kappa shape index (κ1) is 15.0. The van der Waals surface area contributed by atoms with Crippen LogP contribution in [-0.4, -0.2) is 7.11 Å². The van der Waals surface area contributed by atoms with Gasteiger partial charge in [0.1, 0.15) is 5.75 Å². The molecule has 106 valence electrons. The smallest absolute Gasteiger partial charge is 0.118 e. The van der Waals surface area contributed by atoms with Crippen LogP contribution < -0.4 is 4.74 Å². The number of thioether (sulfide) groups is 1. The quantitative estimate of drug-likeness (QED) is 0.602. The average Bonchev–Trinajstić information content (AvgIpc) is 2.52. The fourth-order valence-electron chi connectivity index (χ4n) is 2.17. The summed E-state index contributed by atoms with van der Waals surface area (Å²) in [4.78, 5) is 1.34. The third-order valence-electron chi connectivity index (χ3n) is 3.33. The van der Waals surface area contributed by atoms with Gasteiger partial charge in [0.25, 0.3) is 0 Å². The summed E-state index contributed by atoms with van der Waals surface area (Å²) in [6, 6.07) is 19.1. The second kappa shape index (κ2) is 8.01. The zero-order chi connectivity index (χ0) is 14.2. The summed E-state index contributed by atoms with van der Waals surface area (Å²) in [6.45, 7) is 2.25. The molecule has 0 amide bonds. The van der Waals surface area contributed by atoms with Crippen LogP contribution in [0.25, 0.3) is 0 Å². The molecule has 0 radical (unpaired) electrons. The van der Waals surface area contributed by atoms with E-state index in [0.717, 1.165) is 5.75 Å². The summed E-state index contributed by atoms with van der Waals surface area (Å²) in [5.41, 5.74) is 1.38. The van der Waals surface area contributed by atoms with E-state index >= 15 is 0 Å². The Hall–Kier alpha value is -1.41. The number of unbranched alkanes of at least 4 members (excludes halogenated alkanes) is 1. The van der Waals surface area contributed by atoms with E-state index in [2.05, 4.69) is 61.5 Å². The van der Waals surface area contributed by atoms with Gasteiger partial charge in [0.15, 0.2) is 0 Å². The predicted molar refractivity (Wildman–Crippen MR) is 87.6 cm³/mol. The van der Waals surface area contributed by atoms with Gasteiger partial charge in [-0.2, -0.15) is 0 Å². The predicted octanol–water partition coefficient (Wildman–Crippen LogP) is 5.72. The van der Waals surface area contributed by atoms with Crippen LogP contribution >= 0.6 is 11.8 Å². The minimum atomic E-state index is 0.517. The molecule has 2 rings (SSSR count). The molecule has 0 N–H and O–H groups in total. The molecule has 0 fully saturated rings. The van der Waals surface area contributed by atoms with Crippen LogP contribution in [0.5, 0.6) is 5.75 Å². The lowest BCUT2D eigenvalue weighted by molar-refractivity contribution is 0.414. The number of hydrogen-bond donors (Lipinski definition) is 0. The van der Waals surface area contributed by atoms with Gasteiger partial charge in [0.2, 0.25) is 0 Å². The maximum absolute atomic E-state index is 5.24. The van der Waals surface area contributed by atoms with Crippen LogP contribution in [0.15, 0.2) is 59.5 Å². The Bertz CT molecular complexity index is 493. The average molecular weight is 286 g/mol. The summed E-state index contributed by atoms with van der Waals surface area (Å²) in [6.07, 6.45) is 3.71. The molecule has 0 unspecified atom stereocenters. The van der Waals surface area contributed by atoms with Crippen molar-refractivity contribution in [2.24, 2.45) is 0 Å². The minimum absolute atomic E-state index is 0.517. The summed E-state index contributed by atoms with van der Waals surface area (Å²) in [7, 11) is 1.71. The molecule has 0 saturated heterocycles. The van der Waals surface area contributed by atoms with Gasteiger partial charge in [-0.05, 0) is 36.2 Å². The number of benzene rings is 2. The number of methoxy groups -OCH3 is 1. The topological polar surface area (TPSA) is 9.23 Å². The standard InChI is InChI=1S/C18H22OS/c1-3-4-10-18(20-17-8-6-5-7-9-17)15-11-13-16(19-2)14-12-15/h5-9,11-14,18H,3-4,10H2,1-2H3/t18-/m0/s1. The van der Waals surface area contributed by atoms with Crippen LogP contribution in [-0.2, 0) is 0 Å². The third-order valence-corrected chi connectivity index (χ3v) is 4.67. The Morgan fingerprint density at radius 2 is 1.70 bits per heavy atom. The maximum atomic E-state index is 5.24. The van der Waals surface area contributed by atoms with Gasteiger partial charge in [-0.1, -0.05) is 50.1 Å². The van der Waals surface area contributed by atoms with E-state index in [-0.39, 0.29) is 0 Å². The molecule has 2 aromatic carbocycles. The molecule has 2 heteroatoms. The zero-order valence-electron chi connectivity index (χ0n) is 12.2. The molecule has 0 saturated carbocycles. The van der Waals surface area contributed by atoms with Crippen molar-refractivity contribution >= 4 is 11.8 Å². The highest BCUT2D eigenvalue weighted by molar-refractivity contribution is 7.99. The Morgan fingerprint density at radius 1 is 1.00 bits per heavy atom. The van der Waals surface area contributed by atoms with E-state index in [0.29, 0.717) is 5.25 Å². The van der Waals surface area contributed by atoms with Crippen molar-refractivity contribution in [2.45, 2.75) is 36.3 Å². The van der Waals surface area contributed by atoms with Crippen LogP contribution in [0, 0.1) is 0 Å². The minimum Gasteiger partial charge on any atom is -0.497 e. The van der Waals surface area contributed by atoms with E-state index in [1.807, 2.05) is 11.8 Å². The third kappa shape index (κ3) is 4.31. The van der Waals surface area contributed by atoms with Crippen molar-refractivity contribution in [1.29, 1.82) is 0 Å². The van der Waals surface area contributed by atoms with Crippen LogP contribution in [0.4, 0.5) is 0 Å². The van der Waals surface area contributed by atoms with E-state index in [1.165, 1.54) is 29.7 Å². The van der Waals surface area contributed by atoms with E-state index in [9.17, 15) is 0 Å². The molecule has 0 aliphatic heterocycles. The lowest BCUT2D eigenvalue weighted by atomic mass is 10.1. The summed E-state index contributed by atoms with van der Waals surface area (Å²) >= 11 is 1.95. The van der Waals surface area contributed by atoms with Gasteiger partial charge in [-0.3, -0.25) is 0 Å². The lowest BCUT2D eigenvalue weighted by Crippen LogP contribution is -1.95. The molecular formula is C18H22OS. The molecule has 0 aliphatic rings. The highest BCUT2D eigenvalue weighted by atomic mass is 32.2. The monoisotopic (exact) mass is 286 g/mol. The fourth-order valence-corrected chi connectivity index (χ4v) is 3.39. The Morgan fingerprint density at radius 3 is 2.30 bits per heavy atom. The Labute approximate surface area is 126 Å². The molecule has 0 aliphatic carbocycles.